The van der Waals surface area contributed by atoms with E-state index in [9.17, 15) is 23.1 Å². The van der Waals surface area contributed by atoms with E-state index < -0.39 is 17.2 Å². The monoisotopic (exact) mass is 432 g/mol. The predicted octanol–water partition coefficient (Wildman–Crippen LogP) is 4.05. The Morgan fingerprint density at radius 2 is 2.07 bits per heavy atom. The van der Waals surface area contributed by atoms with E-state index in [0.29, 0.717) is 49.7 Å². The topological polar surface area (TPSA) is 43.8 Å². The number of aliphatic hydroxyl groups excluding tert-OH is 1. The van der Waals surface area contributed by atoms with Gasteiger partial charge < -0.3 is 10.0 Å². The fraction of sp³-hybridized carbons (Fsp3) is 0.667. The van der Waals surface area contributed by atoms with Crippen LogP contribution in [0.1, 0.15) is 37.8 Å². The Morgan fingerprint density at radius 3 is 2.69 bits per heavy atom. The molecule has 0 spiro atoms. The lowest BCUT2D eigenvalue weighted by Gasteiger charge is -2.43. The molecule has 1 aromatic rings. The van der Waals surface area contributed by atoms with Gasteiger partial charge in [-0.15, -0.1) is 0 Å². The van der Waals surface area contributed by atoms with E-state index in [-0.39, 0.29) is 24.3 Å². The summed E-state index contributed by atoms with van der Waals surface area (Å²) in [5.41, 5.74) is -0.712. The van der Waals surface area contributed by atoms with Gasteiger partial charge in [-0.25, -0.2) is 0 Å². The number of hydrogen-bond acceptors (Lipinski definition) is 3. The third kappa shape index (κ3) is 4.89. The van der Waals surface area contributed by atoms with Crippen LogP contribution in [-0.2, 0) is 17.5 Å². The van der Waals surface area contributed by atoms with Crippen LogP contribution >= 0.6 is 11.6 Å². The Kier molecular flexibility index (Phi) is 6.51. The maximum atomic E-state index is 13.1. The van der Waals surface area contributed by atoms with Gasteiger partial charge in [0.1, 0.15) is 0 Å². The van der Waals surface area contributed by atoms with Crippen LogP contribution in [0.5, 0.6) is 0 Å². The molecular weight excluding hydrogens is 405 g/mol. The summed E-state index contributed by atoms with van der Waals surface area (Å²) in [7, 11) is 0. The Morgan fingerprint density at radius 1 is 1.34 bits per heavy atom. The van der Waals surface area contributed by atoms with Crippen molar-refractivity contribution in [2.45, 2.75) is 39.4 Å². The standard InChI is InChI=1S/C21H28ClF3N2O2/c1-14(2)7-19(29)27-6-5-17-10-26(11-20(17,12-27)13-28)9-15-8-16(21(23,24)25)3-4-18(15)22/h3-4,8,14,17,28H,5-7,9-13H2,1-2H3/t17-,20-/m0/s1. The van der Waals surface area contributed by atoms with E-state index in [0.717, 1.165) is 18.6 Å². The fourth-order valence-corrected chi connectivity index (χ4v) is 4.82. The minimum atomic E-state index is -4.41. The summed E-state index contributed by atoms with van der Waals surface area (Å²) in [6, 6.07) is 3.38. The lowest BCUT2D eigenvalue weighted by molar-refractivity contribution is -0.138. The van der Waals surface area contributed by atoms with E-state index in [1.165, 1.54) is 6.07 Å². The highest BCUT2D eigenvalue weighted by molar-refractivity contribution is 6.31. The van der Waals surface area contributed by atoms with Crippen LogP contribution in [0.15, 0.2) is 18.2 Å². The first-order chi connectivity index (χ1) is 13.5. The number of carbonyl (C=O) groups excluding carboxylic acids is 1. The summed E-state index contributed by atoms with van der Waals surface area (Å²) < 4.78 is 39.2. The number of carbonyl (C=O) groups is 1. The zero-order valence-electron chi connectivity index (χ0n) is 16.8. The Labute approximate surface area is 174 Å². The maximum absolute atomic E-state index is 13.1. The van der Waals surface area contributed by atoms with Gasteiger partial charge in [-0.3, -0.25) is 9.69 Å². The van der Waals surface area contributed by atoms with Crippen molar-refractivity contribution in [1.82, 2.24) is 9.80 Å². The number of rotatable bonds is 5. The van der Waals surface area contributed by atoms with Crippen molar-refractivity contribution >= 4 is 17.5 Å². The number of fused-ring (bicyclic) bond motifs is 1. The van der Waals surface area contributed by atoms with Crippen molar-refractivity contribution in [2.75, 3.05) is 32.8 Å². The fourth-order valence-electron chi connectivity index (χ4n) is 4.65. The second kappa shape index (κ2) is 8.44. The number of benzene rings is 1. The number of amides is 1. The van der Waals surface area contributed by atoms with Crippen molar-refractivity contribution in [2.24, 2.45) is 17.3 Å². The highest BCUT2D eigenvalue weighted by atomic mass is 35.5. The molecule has 1 aromatic carbocycles. The quantitative estimate of drug-likeness (QED) is 0.763. The third-order valence-corrected chi connectivity index (χ3v) is 6.52. The molecule has 1 N–H and O–H groups in total. The highest BCUT2D eigenvalue weighted by Gasteiger charge is 2.50. The normalized spacial score (nSPS) is 25.5. The van der Waals surface area contributed by atoms with E-state index in [2.05, 4.69) is 4.90 Å². The number of aliphatic hydroxyl groups is 1. The summed E-state index contributed by atoms with van der Waals surface area (Å²) >= 11 is 6.16. The van der Waals surface area contributed by atoms with Gasteiger partial charge in [0.2, 0.25) is 5.91 Å². The largest absolute Gasteiger partial charge is 0.416 e. The second-order valence-corrected chi connectivity index (χ2v) is 9.30. The molecule has 29 heavy (non-hydrogen) atoms. The molecule has 0 unspecified atom stereocenters. The van der Waals surface area contributed by atoms with Crippen LogP contribution in [0.3, 0.4) is 0 Å². The Hall–Kier alpha value is -1.31. The van der Waals surface area contributed by atoms with Crippen LogP contribution in [-0.4, -0.2) is 53.6 Å². The van der Waals surface area contributed by atoms with E-state index in [1.807, 2.05) is 18.7 Å². The second-order valence-electron chi connectivity index (χ2n) is 8.89. The zero-order valence-corrected chi connectivity index (χ0v) is 17.6. The summed E-state index contributed by atoms with van der Waals surface area (Å²) in [5, 5.41) is 10.5. The number of alkyl halides is 3. The number of piperidine rings is 1. The molecule has 2 aliphatic rings. The molecule has 8 heteroatoms. The molecule has 4 nitrogen and oxygen atoms in total. The van der Waals surface area contributed by atoms with Crippen molar-refractivity contribution in [3.63, 3.8) is 0 Å². The number of nitrogens with zero attached hydrogens (tertiary/aromatic N) is 2. The molecule has 0 radical (unpaired) electrons. The molecule has 0 bridgehead atoms. The average molecular weight is 433 g/mol. The van der Waals surface area contributed by atoms with Crippen LogP contribution < -0.4 is 0 Å². The molecule has 2 fully saturated rings. The maximum Gasteiger partial charge on any atom is 0.416 e. The number of likely N-dealkylation sites (tertiary alicyclic amines) is 2. The highest BCUT2D eigenvalue weighted by Crippen LogP contribution is 2.43. The molecule has 2 aliphatic heterocycles. The van der Waals surface area contributed by atoms with Crippen molar-refractivity contribution in [3.8, 4) is 0 Å². The van der Waals surface area contributed by atoms with Gasteiger partial charge in [0.25, 0.3) is 0 Å². The minimum absolute atomic E-state index is 0.0457. The van der Waals surface area contributed by atoms with Gasteiger partial charge in [-0.2, -0.15) is 13.2 Å². The van der Waals surface area contributed by atoms with Gasteiger partial charge >= 0.3 is 6.18 Å². The van der Waals surface area contributed by atoms with Crippen molar-refractivity contribution in [1.29, 1.82) is 0 Å². The van der Waals surface area contributed by atoms with Crippen LogP contribution in [0, 0.1) is 17.3 Å². The first-order valence-electron chi connectivity index (χ1n) is 10.0. The Balaban J connectivity index is 1.73. The minimum Gasteiger partial charge on any atom is -0.396 e. The predicted molar refractivity (Wildman–Crippen MR) is 105 cm³/mol. The smallest absolute Gasteiger partial charge is 0.396 e. The lowest BCUT2D eigenvalue weighted by Crippen LogP contribution is -2.52. The molecule has 0 aliphatic carbocycles. The lowest BCUT2D eigenvalue weighted by atomic mass is 9.74. The molecular formula is C21H28ClF3N2O2. The van der Waals surface area contributed by atoms with E-state index >= 15 is 0 Å². The van der Waals surface area contributed by atoms with E-state index in [1.54, 1.807) is 0 Å². The summed E-state index contributed by atoms with van der Waals surface area (Å²) in [6.07, 6.45) is -3.14. The SMILES string of the molecule is CC(C)CC(=O)N1CC[C@H]2CN(Cc3cc(C(F)(F)F)ccc3Cl)C[C@@]2(CO)C1. The van der Waals surface area contributed by atoms with Crippen LogP contribution in [0.25, 0.3) is 0 Å². The molecule has 2 atom stereocenters. The van der Waals surface area contributed by atoms with Crippen molar-refractivity contribution < 1.29 is 23.1 Å². The summed E-state index contributed by atoms with van der Waals surface area (Å²) in [6.45, 7) is 6.62. The molecule has 162 valence electrons. The summed E-state index contributed by atoms with van der Waals surface area (Å²) in [4.78, 5) is 16.4. The van der Waals surface area contributed by atoms with E-state index in [4.69, 9.17) is 11.6 Å². The van der Waals surface area contributed by atoms with Crippen molar-refractivity contribution in [3.05, 3.63) is 34.3 Å². The molecule has 0 aromatic heterocycles. The molecule has 0 saturated carbocycles. The van der Waals surface area contributed by atoms with Gasteiger partial charge in [0.05, 0.1) is 12.2 Å². The molecule has 3 rings (SSSR count). The summed E-state index contributed by atoms with van der Waals surface area (Å²) in [5.74, 6) is 0.583. The first-order valence-corrected chi connectivity index (χ1v) is 10.4. The van der Waals surface area contributed by atoms with Gasteiger partial charge in [-0.05, 0) is 42.0 Å². The molecule has 2 saturated heterocycles. The number of halogens is 4. The first kappa shape index (κ1) is 22.4. The van der Waals surface area contributed by atoms with Gasteiger partial charge in [0, 0.05) is 49.6 Å². The third-order valence-electron chi connectivity index (χ3n) is 6.15. The van der Waals surface area contributed by atoms with Crippen LogP contribution in [0.4, 0.5) is 13.2 Å². The van der Waals surface area contributed by atoms with Crippen LogP contribution in [0.2, 0.25) is 5.02 Å². The average Bonchev–Trinajstić information content (AvgIpc) is 2.99. The van der Waals surface area contributed by atoms with Gasteiger partial charge in [0.15, 0.2) is 0 Å². The van der Waals surface area contributed by atoms with Gasteiger partial charge in [-0.1, -0.05) is 25.4 Å². The zero-order chi connectivity index (χ0) is 21.4. The Bertz CT molecular complexity index is 756. The molecule has 1 amide bonds. The number of hydrogen-bond donors (Lipinski definition) is 1. The molecule has 2 heterocycles.